The van der Waals surface area contributed by atoms with Crippen molar-refractivity contribution in [3.8, 4) is 0 Å². The van der Waals surface area contributed by atoms with Gasteiger partial charge in [0.25, 0.3) is 0 Å². The molecule has 6 heteroatoms. The number of methoxy groups -OCH3 is 1. The normalized spacial score (nSPS) is 15.4. The second kappa shape index (κ2) is 12.7. The van der Waals surface area contributed by atoms with Crippen LogP contribution in [0.2, 0.25) is 0 Å². The molecular weight excluding hydrogens is 280 g/mol. The molecular formula is C16H34N4O2. The fraction of sp³-hybridized carbons (Fsp3) is 0.938. The van der Waals surface area contributed by atoms with Gasteiger partial charge in [0.15, 0.2) is 5.96 Å². The van der Waals surface area contributed by atoms with Gasteiger partial charge in [-0.15, -0.1) is 0 Å². The molecule has 1 saturated carbocycles. The van der Waals surface area contributed by atoms with Crippen molar-refractivity contribution < 1.29 is 9.47 Å². The number of aliphatic imine (C=N–C) groups is 1. The van der Waals surface area contributed by atoms with Crippen molar-refractivity contribution in [3.63, 3.8) is 0 Å². The zero-order valence-corrected chi connectivity index (χ0v) is 14.6. The van der Waals surface area contributed by atoms with E-state index in [4.69, 9.17) is 9.47 Å². The lowest BCUT2D eigenvalue weighted by Gasteiger charge is -2.16. The van der Waals surface area contributed by atoms with Crippen molar-refractivity contribution in [3.05, 3.63) is 0 Å². The number of nitrogens with zero attached hydrogens (tertiary/aromatic N) is 2. The van der Waals surface area contributed by atoms with E-state index in [0.29, 0.717) is 0 Å². The van der Waals surface area contributed by atoms with E-state index < -0.39 is 0 Å². The summed E-state index contributed by atoms with van der Waals surface area (Å²) in [5.41, 5.74) is 0. The molecule has 0 saturated heterocycles. The molecule has 0 aromatic carbocycles. The van der Waals surface area contributed by atoms with Crippen molar-refractivity contribution in [1.29, 1.82) is 0 Å². The molecule has 0 unspecified atom stereocenters. The average Bonchev–Trinajstić information content (AvgIpc) is 3.31. The second-order valence-corrected chi connectivity index (χ2v) is 5.86. The third-order valence-electron chi connectivity index (χ3n) is 3.57. The van der Waals surface area contributed by atoms with Gasteiger partial charge >= 0.3 is 0 Å². The molecule has 2 N–H and O–H groups in total. The maximum Gasteiger partial charge on any atom is 0.191 e. The minimum atomic E-state index is 0.748. The molecule has 1 fully saturated rings. The number of rotatable bonds is 13. The number of hydrogen-bond acceptors (Lipinski definition) is 4. The zero-order valence-electron chi connectivity index (χ0n) is 14.6. The molecule has 1 aliphatic rings. The van der Waals surface area contributed by atoms with E-state index in [1.54, 1.807) is 7.11 Å². The summed E-state index contributed by atoms with van der Waals surface area (Å²) in [6, 6.07) is 0. The number of hydrogen-bond donors (Lipinski definition) is 2. The van der Waals surface area contributed by atoms with Crippen LogP contribution in [-0.4, -0.2) is 77.6 Å². The summed E-state index contributed by atoms with van der Waals surface area (Å²) in [6.45, 7) is 9.04. The van der Waals surface area contributed by atoms with Crippen LogP contribution in [0.15, 0.2) is 4.99 Å². The first-order valence-corrected chi connectivity index (χ1v) is 8.53. The predicted octanol–water partition coefficient (Wildman–Crippen LogP) is 0.936. The maximum atomic E-state index is 5.62. The van der Waals surface area contributed by atoms with Crippen molar-refractivity contribution in [1.82, 2.24) is 15.5 Å². The number of nitrogens with one attached hydrogen (secondary N) is 2. The highest BCUT2D eigenvalue weighted by Crippen LogP contribution is 2.28. The molecule has 130 valence electrons. The minimum absolute atomic E-state index is 0.748. The van der Waals surface area contributed by atoms with Crippen LogP contribution in [-0.2, 0) is 9.47 Å². The fourth-order valence-corrected chi connectivity index (χ4v) is 2.04. The van der Waals surface area contributed by atoms with Crippen molar-refractivity contribution in [2.24, 2.45) is 10.9 Å². The Bertz CT molecular complexity index is 296. The second-order valence-electron chi connectivity index (χ2n) is 5.86. The monoisotopic (exact) mass is 314 g/mol. The Balaban J connectivity index is 2.08. The van der Waals surface area contributed by atoms with Crippen molar-refractivity contribution in [2.45, 2.75) is 26.2 Å². The van der Waals surface area contributed by atoms with Crippen molar-refractivity contribution in [2.75, 3.05) is 66.7 Å². The lowest BCUT2D eigenvalue weighted by Crippen LogP contribution is -2.39. The number of ether oxygens (including phenoxy) is 2. The molecule has 0 atom stereocenters. The van der Waals surface area contributed by atoms with Crippen molar-refractivity contribution >= 4 is 5.96 Å². The molecule has 0 spiro atoms. The Morgan fingerprint density at radius 1 is 1.23 bits per heavy atom. The molecule has 0 amide bonds. The highest BCUT2D eigenvalue weighted by Gasteiger charge is 2.20. The third-order valence-corrected chi connectivity index (χ3v) is 3.57. The van der Waals surface area contributed by atoms with Gasteiger partial charge in [-0.1, -0.05) is 0 Å². The van der Waals surface area contributed by atoms with Gasteiger partial charge in [0.05, 0.1) is 13.2 Å². The van der Waals surface area contributed by atoms with E-state index >= 15 is 0 Å². The van der Waals surface area contributed by atoms with E-state index in [9.17, 15) is 0 Å². The van der Waals surface area contributed by atoms with E-state index in [1.807, 2.05) is 0 Å². The van der Waals surface area contributed by atoms with Crippen LogP contribution in [0.3, 0.4) is 0 Å². The molecule has 0 aliphatic heterocycles. The quantitative estimate of drug-likeness (QED) is 0.301. The minimum Gasteiger partial charge on any atom is -0.385 e. The smallest absolute Gasteiger partial charge is 0.191 e. The molecule has 1 aliphatic carbocycles. The lowest BCUT2D eigenvalue weighted by molar-refractivity contribution is 0.129. The standard InChI is InChI=1S/C16H34N4O2/c1-4-17-16(19-9-13-22-14-15-6-7-15)18-8-11-20(2)10-5-12-21-3/h15H,4-14H2,1-3H3,(H2,17,18,19). The van der Waals surface area contributed by atoms with Crippen LogP contribution < -0.4 is 10.6 Å². The van der Waals surface area contributed by atoms with Gasteiger partial charge in [-0.3, -0.25) is 4.99 Å². The fourth-order valence-electron chi connectivity index (χ4n) is 2.04. The molecule has 0 aromatic rings. The first kappa shape index (κ1) is 19.2. The first-order chi connectivity index (χ1) is 10.8. The summed E-state index contributed by atoms with van der Waals surface area (Å²) < 4.78 is 10.7. The number of likely N-dealkylation sites (N-methyl/N-ethyl adjacent to an activating group) is 1. The summed E-state index contributed by atoms with van der Waals surface area (Å²) in [5, 5.41) is 6.58. The van der Waals surface area contributed by atoms with E-state index in [2.05, 4.69) is 34.5 Å². The largest absolute Gasteiger partial charge is 0.385 e. The molecule has 0 bridgehead atoms. The van der Waals surface area contributed by atoms with Crippen LogP contribution in [0, 0.1) is 5.92 Å². The highest BCUT2D eigenvalue weighted by molar-refractivity contribution is 5.79. The van der Waals surface area contributed by atoms with E-state index in [-0.39, 0.29) is 0 Å². The van der Waals surface area contributed by atoms with Crippen LogP contribution in [0.25, 0.3) is 0 Å². The maximum absolute atomic E-state index is 5.62. The van der Waals surface area contributed by atoms with Gasteiger partial charge in [-0.2, -0.15) is 0 Å². The topological polar surface area (TPSA) is 58.1 Å². The lowest BCUT2D eigenvalue weighted by atomic mass is 10.4. The van der Waals surface area contributed by atoms with Crippen LogP contribution in [0.4, 0.5) is 0 Å². The Labute approximate surface area is 135 Å². The Morgan fingerprint density at radius 2 is 2.05 bits per heavy atom. The van der Waals surface area contributed by atoms with Gasteiger partial charge in [-0.05, 0) is 39.2 Å². The summed E-state index contributed by atoms with van der Waals surface area (Å²) in [7, 11) is 3.87. The molecule has 0 radical (unpaired) electrons. The van der Waals surface area contributed by atoms with E-state index in [0.717, 1.165) is 70.8 Å². The molecule has 1 rings (SSSR count). The molecule has 0 aromatic heterocycles. The Morgan fingerprint density at radius 3 is 2.73 bits per heavy atom. The van der Waals surface area contributed by atoms with Crippen LogP contribution in [0.5, 0.6) is 0 Å². The summed E-state index contributed by atoms with van der Waals surface area (Å²) >= 11 is 0. The van der Waals surface area contributed by atoms with Crippen LogP contribution in [0.1, 0.15) is 26.2 Å². The van der Waals surface area contributed by atoms with Gasteiger partial charge in [0.1, 0.15) is 0 Å². The molecule has 22 heavy (non-hydrogen) atoms. The Kier molecular flexibility index (Phi) is 11.1. The molecule has 6 nitrogen and oxygen atoms in total. The van der Waals surface area contributed by atoms with Gasteiger partial charge in [0.2, 0.25) is 0 Å². The summed E-state index contributed by atoms with van der Waals surface area (Å²) in [5.74, 6) is 1.71. The third kappa shape index (κ3) is 10.8. The highest BCUT2D eigenvalue weighted by atomic mass is 16.5. The average molecular weight is 314 g/mol. The van der Waals surface area contributed by atoms with Gasteiger partial charge in [-0.25, -0.2) is 0 Å². The Hall–Kier alpha value is -0.850. The molecule has 0 heterocycles. The van der Waals surface area contributed by atoms with Gasteiger partial charge < -0.3 is 25.0 Å². The first-order valence-electron chi connectivity index (χ1n) is 8.53. The summed E-state index contributed by atoms with van der Waals surface area (Å²) in [4.78, 5) is 6.88. The van der Waals surface area contributed by atoms with Gasteiger partial charge in [0, 0.05) is 46.5 Å². The van der Waals surface area contributed by atoms with Crippen LogP contribution >= 0.6 is 0 Å². The summed E-state index contributed by atoms with van der Waals surface area (Å²) in [6.07, 6.45) is 3.75. The van der Waals surface area contributed by atoms with E-state index in [1.165, 1.54) is 12.8 Å². The zero-order chi connectivity index (χ0) is 16.0. The SMILES string of the molecule is CCNC(=NCCN(C)CCCOC)NCCOCC1CC1. The predicted molar refractivity (Wildman–Crippen MR) is 91.5 cm³/mol. The number of guanidine groups is 1.